The zero-order valence-electron chi connectivity index (χ0n) is 16.8. The van der Waals surface area contributed by atoms with Crippen molar-refractivity contribution in [3.05, 3.63) is 81.6 Å². The Morgan fingerprint density at radius 1 is 1.09 bits per heavy atom. The molecule has 5 rings (SSSR count). The fourth-order valence-electron chi connectivity index (χ4n) is 3.46. The summed E-state index contributed by atoms with van der Waals surface area (Å²) in [5, 5.41) is 11.9. The molecule has 32 heavy (non-hydrogen) atoms. The van der Waals surface area contributed by atoms with Gasteiger partial charge in [0.15, 0.2) is 0 Å². The van der Waals surface area contributed by atoms with Crippen molar-refractivity contribution in [1.29, 1.82) is 0 Å². The van der Waals surface area contributed by atoms with Crippen molar-refractivity contribution in [1.82, 2.24) is 15.0 Å². The first-order valence-corrected chi connectivity index (χ1v) is 11.0. The lowest BCUT2D eigenvalue weighted by Gasteiger charge is -2.06. The Morgan fingerprint density at radius 3 is 2.59 bits per heavy atom. The number of H-pyrrole nitrogens is 1. The lowest BCUT2D eigenvalue weighted by atomic mass is 10.0. The molecule has 0 aliphatic carbocycles. The van der Waals surface area contributed by atoms with Gasteiger partial charge >= 0.3 is 5.97 Å². The second kappa shape index (κ2) is 8.11. The number of aromatic amines is 1. The van der Waals surface area contributed by atoms with Crippen molar-refractivity contribution in [2.45, 2.75) is 6.92 Å². The molecule has 0 spiro atoms. The van der Waals surface area contributed by atoms with Crippen LogP contribution in [0.3, 0.4) is 0 Å². The number of thiazole rings is 1. The van der Waals surface area contributed by atoms with Crippen molar-refractivity contribution in [2.24, 2.45) is 0 Å². The summed E-state index contributed by atoms with van der Waals surface area (Å²) in [5.74, 6) is -0.620. The number of rotatable bonds is 5. The van der Waals surface area contributed by atoms with Gasteiger partial charge in [-0.05, 0) is 42.3 Å². The standard InChI is InChI=1S/C24H16ClN3O3S/c1-13-2-7-16(8-17(13)23(29)30)31-24-27-20-9-18(19(25)10-21(20)28-24)14-3-5-15(6-4-14)22-11-32-12-26-22/h2-12H,1H3,(H,27,28)(H,29,30). The Balaban J connectivity index is 1.46. The number of nitrogens with one attached hydrogen (secondary N) is 1. The Bertz CT molecular complexity index is 1440. The number of carboxylic acids is 1. The van der Waals surface area contributed by atoms with Gasteiger partial charge in [0, 0.05) is 16.5 Å². The van der Waals surface area contributed by atoms with Gasteiger partial charge in [-0.1, -0.05) is 41.9 Å². The van der Waals surface area contributed by atoms with E-state index in [1.807, 2.05) is 41.2 Å². The van der Waals surface area contributed by atoms with Crippen LogP contribution in [0.25, 0.3) is 33.4 Å². The number of hydrogen-bond acceptors (Lipinski definition) is 5. The fourth-order valence-corrected chi connectivity index (χ4v) is 4.29. The van der Waals surface area contributed by atoms with Gasteiger partial charge in [-0.25, -0.2) is 9.78 Å². The number of halogens is 1. The Labute approximate surface area is 192 Å². The van der Waals surface area contributed by atoms with Gasteiger partial charge in [0.25, 0.3) is 6.01 Å². The Kier molecular flexibility index (Phi) is 5.13. The average molecular weight is 462 g/mol. The first kappa shape index (κ1) is 20.2. The third kappa shape index (κ3) is 3.84. The number of carbonyl (C=O) groups is 1. The number of aryl methyl sites for hydroxylation is 1. The number of carboxylic acid groups (broad SMARTS) is 1. The van der Waals surface area contributed by atoms with E-state index in [1.54, 1.807) is 36.5 Å². The molecule has 0 bridgehead atoms. The van der Waals surface area contributed by atoms with Crippen molar-refractivity contribution in [2.75, 3.05) is 0 Å². The molecule has 2 heterocycles. The SMILES string of the molecule is Cc1ccc(Oc2nc3cc(-c4ccc(-c5cscn5)cc4)c(Cl)cc3[nH]2)cc1C(=O)O. The summed E-state index contributed by atoms with van der Waals surface area (Å²) in [7, 11) is 0. The Hall–Kier alpha value is -3.68. The molecule has 0 fully saturated rings. The van der Waals surface area contributed by atoms with Gasteiger partial charge in [0.1, 0.15) is 5.75 Å². The number of aromatic nitrogens is 3. The van der Waals surface area contributed by atoms with E-state index in [0.29, 0.717) is 21.9 Å². The molecule has 2 aromatic heterocycles. The van der Waals surface area contributed by atoms with Crippen LogP contribution in [0.4, 0.5) is 0 Å². The van der Waals surface area contributed by atoms with Crippen LogP contribution >= 0.6 is 22.9 Å². The molecule has 0 saturated heterocycles. The summed E-state index contributed by atoms with van der Waals surface area (Å²) < 4.78 is 5.77. The third-order valence-electron chi connectivity index (χ3n) is 5.13. The van der Waals surface area contributed by atoms with Gasteiger partial charge in [-0.2, -0.15) is 4.98 Å². The minimum atomic E-state index is -1.00. The van der Waals surface area contributed by atoms with E-state index >= 15 is 0 Å². The number of fused-ring (bicyclic) bond motifs is 1. The van der Waals surface area contributed by atoms with Crippen molar-refractivity contribution in [3.8, 4) is 34.1 Å². The maximum atomic E-state index is 11.4. The lowest BCUT2D eigenvalue weighted by molar-refractivity contribution is 0.0695. The van der Waals surface area contributed by atoms with E-state index in [1.165, 1.54) is 6.07 Å². The number of aromatic carboxylic acids is 1. The van der Waals surface area contributed by atoms with Crippen molar-refractivity contribution >= 4 is 39.9 Å². The van der Waals surface area contributed by atoms with Crippen molar-refractivity contribution in [3.63, 3.8) is 0 Å². The predicted octanol–water partition coefficient (Wildman–Crippen LogP) is 6.81. The molecule has 158 valence electrons. The van der Waals surface area contributed by atoms with E-state index in [-0.39, 0.29) is 11.6 Å². The summed E-state index contributed by atoms with van der Waals surface area (Å²) >= 11 is 8.11. The molecule has 5 aromatic rings. The van der Waals surface area contributed by atoms with Gasteiger partial charge in [-0.15, -0.1) is 11.3 Å². The highest BCUT2D eigenvalue weighted by molar-refractivity contribution is 7.07. The van der Waals surface area contributed by atoms with Crippen LogP contribution in [0.15, 0.2) is 65.5 Å². The van der Waals surface area contributed by atoms with Crippen molar-refractivity contribution < 1.29 is 14.6 Å². The van der Waals surface area contributed by atoms with E-state index in [9.17, 15) is 9.90 Å². The molecule has 6 nitrogen and oxygen atoms in total. The predicted molar refractivity (Wildman–Crippen MR) is 126 cm³/mol. The summed E-state index contributed by atoms with van der Waals surface area (Å²) in [6.45, 7) is 1.74. The molecular weight excluding hydrogens is 446 g/mol. The van der Waals surface area contributed by atoms with Crippen LogP contribution in [-0.2, 0) is 0 Å². The van der Waals surface area contributed by atoms with Crippen LogP contribution < -0.4 is 4.74 Å². The summed E-state index contributed by atoms with van der Waals surface area (Å²) in [6.07, 6.45) is 0. The number of nitrogens with zero attached hydrogens (tertiary/aromatic N) is 2. The average Bonchev–Trinajstić information content (AvgIpc) is 3.44. The number of benzene rings is 3. The van der Waals surface area contributed by atoms with Crippen LogP contribution in [0, 0.1) is 6.92 Å². The van der Waals surface area contributed by atoms with Crippen LogP contribution in [0.2, 0.25) is 5.02 Å². The minimum Gasteiger partial charge on any atom is -0.478 e. The van der Waals surface area contributed by atoms with Gasteiger partial charge < -0.3 is 14.8 Å². The molecule has 0 atom stereocenters. The van der Waals surface area contributed by atoms with Gasteiger partial charge in [-0.3, -0.25) is 0 Å². The van der Waals surface area contributed by atoms with E-state index in [4.69, 9.17) is 16.3 Å². The third-order valence-corrected chi connectivity index (χ3v) is 6.03. The number of imidazole rings is 1. The normalized spacial score (nSPS) is 11.1. The molecule has 0 amide bonds. The summed E-state index contributed by atoms with van der Waals surface area (Å²) in [4.78, 5) is 23.3. The molecule has 2 N–H and O–H groups in total. The fraction of sp³-hybridized carbons (Fsp3) is 0.0417. The van der Waals surface area contributed by atoms with Crippen LogP contribution in [0.1, 0.15) is 15.9 Å². The number of hydrogen-bond donors (Lipinski definition) is 2. The van der Waals surface area contributed by atoms with E-state index < -0.39 is 5.97 Å². The maximum Gasteiger partial charge on any atom is 0.336 e. The highest BCUT2D eigenvalue weighted by atomic mass is 35.5. The highest BCUT2D eigenvalue weighted by Crippen LogP contribution is 2.34. The number of ether oxygens (including phenoxy) is 1. The summed E-state index contributed by atoms with van der Waals surface area (Å²) in [5.41, 5.74) is 7.87. The maximum absolute atomic E-state index is 11.4. The van der Waals surface area contributed by atoms with Gasteiger partial charge in [0.05, 0.1) is 32.8 Å². The molecule has 0 aliphatic heterocycles. The Morgan fingerprint density at radius 2 is 1.88 bits per heavy atom. The lowest BCUT2D eigenvalue weighted by Crippen LogP contribution is -2.00. The molecule has 0 saturated carbocycles. The molecular formula is C24H16ClN3O3S. The topological polar surface area (TPSA) is 88.1 Å². The second-order valence-electron chi connectivity index (χ2n) is 7.23. The quantitative estimate of drug-likeness (QED) is 0.300. The largest absolute Gasteiger partial charge is 0.478 e. The highest BCUT2D eigenvalue weighted by Gasteiger charge is 2.13. The molecule has 8 heteroatoms. The monoisotopic (exact) mass is 461 g/mol. The molecule has 0 radical (unpaired) electrons. The second-order valence-corrected chi connectivity index (χ2v) is 8.35. The van der Waals surface area contributed by atoms with E-state index in [2.05, 4.69) is 15.0 Å². The molecule has 3 aromatic carbocycles. The van der Waals surface area contributed by atoms with E-state index in [0.717, 1.165) is 27.9 Å². The van der Waals surface area contributed by atoms with Crippen LogP contribution in [0.5, 0.6) is 11.8 Å². The molecule has 0 aliphatic rings. The zero-order valence-corrected chi connectivity index (χ0v) is 18.4. The van der Waals surface area contributed by atoms with Gasteiger partial charge in [0.2, 0.25) is 0 Å². The first-order chi connectivity index (χ1) is 15.5. The van der Waals surface area contributed by atoms with Crippen LogP contribution in [-0.4, -0.2) is 26.0 Å². The minimum absolute atomic E-state index is 0.185. The first-order valence-electron chi connectivity index (χ1n) is 9.68. The summed E-state index contributed by atoms with van der Waals surface area (Å²) in [6, 6.07) is 16.9. The zero-order chi connectivity index (χ0) is 22.2. The smallest absolute Gasteiger partial charge is 0.336 e. The molecule has 0 unspecified atom stereocenters.